The molecule has 36 heavy (non-hydrogen) atoms. The predicted octanol–water partition coefficient (Wildman–Crippen LogP) is 2.70. The quantitative estimate of drug-likeness (QED) is 0.379. The Morgan fingerprint density at radius 2 is 1.78 bits per heavy atom. The molecular weight excluding hydrogens is 488 g/mol. The highest BCUT2D eigenvalue weighted by atomic mass is 35.5. The van der Waals surface area contributed by atoms with E-state index >= 15 is 0 Å². The minimum atomic E-state index is -0.593. The molecule has 0 aliphatic rings. The van der Waals surface area contributed by atoms with Gasteiger partial charge in [0.2, 0.25) is 11.8 Å². The summed E-state index contributed by atoms with van der Waals surface area (Å²) in [6, 6.07) is 7.90. The molecule has 0 aliphatic carbocycles. The van der Waals surface area contributed by atoms with Gasteiger partial charge in [-0.3, -0.25) is 19.0 Å². The summed E-state index contributed by atoms with van der Waals surface area (Å²) in [5, 5.41) is 6.08. The molecule has 10 nitrogen and oxygen atoms in total. The summed E-state index contributed by atoms with van der Waals surface area (Å²) in [4.78, 5) is 52.5. The van der Waals surface area contributed by atoms with Crippen molar-refractivity contribution in [2.24, 2.45) is 5.92 Å². The van der Waals surface area contributed by atoms with Gasteiger partial charge in [0.25, 0.3) is 5.56 Å². The highest BCUT2D eigenvalue weighted by molar-refractivity contribution is 6.32. The third-order valence-electron chi connectivity index (χ3n) is 5.41. The molecule has 0 atom stereocenters. The number of nitrogens with one attached hydrogen (secondary N) is 3. The molecule has 0 bridgehead atoms. The number of carbonyl (C=O) groups is 2. The molecule has 0 saturated heterocycles. The average Bonchev–Trinajstić information content (AvgIpc) is 2.80. The number of carbonyl (C=O) groups excluding carboxylic acids is 2. The van der Waals surface area contributed by atoms with Crippen LogP contribution in [0.15, 0.2) is 39.9 Å². The van der Waals surface area contributed by atoms with Crippen molar-refractivity contribution in [1.29, 1.82) is 0 Å². The normalized spacial score (nSPS) is 10.9. The van der Waals surface area contributed by atoms with E-state index in [1.165, 1.54) is 20.3 Å². The fourth-order valence-electron chi connectivity index (χ4n) is 3.70. The number of benzene rings is 2. The van der Waals surface area contributed by atoms with Crippen LogP contribution >= 0.6 is 11.6 Å². The molecular formula is C25H29ClN4O6. The second kappa shape index (κ2) is 11.8. The summed E-state index contributed by atoms with van der Waals surface area (Å²) in [6.45, 7) is 4.07. The predicted molar refractivity (Wildman–Crippen MR) is 138 cm³/mol. The zero-order valence-electron chi connectivity index (χ0n) is 20.6. The van der Waals surface area contributed by atoms with E-state index in [0.29, 0.717) is 45.1 Å². The number of H-pyrrole nitrogens is 1. The lowest BCUT2D eigenvalue weighted by molar-refractivity contribution is -0.121. The SMILES string of the molecule is COc1cc(OC)c(NC(=O)Cc2ccc3c(=O)n(CCNC(=O)CC(C)C)c(=O)[nH]c3c2)cc1Cl. The fraction of sp³-hybridized carbons (Fsp3) is 0.360. The van der Waals surface area contributed by atoms with Crippen LogP contribution in [-0.4, -0.2) is 42.1 Å². The van der Waals surface area contributed by atoms with Crippen molar-refractivity contribution in [3.05, 3.63) is 61.8 Å². The Morgan fingerprint density at radius 3 is 2.44 bits per heavy atom. The van der Waals surface area contributed by atoms with Gasteiger partial charge in [-0.25, -0.2) is 4.79 Å². The lowest BCUT2D eigenvalue weighted by Crippen LogP contribution is -2.39. The highest BCUT2D eigenvalue weighted by Crippen LogP contribution is 2.35. The lowest BCUT2D eigenvalue weighted by Gasteiger charge is -2.13. The molecule has 1 heterocycles. The van der Waals surface area contributed by atoms with Gasteiger partial charge >= 0.3 is 5.69 Å². The third kappa shape index (κ3) is 6.45. The molecule has 0 aliphatic heterocycles. The summed E-state index contributed by atoms with van der Waals surface area (Å²) in [7, 11) is 2.94. The average molecular weight is 517 g/mol. The van der Waals surface area contributed by atoms with Crippen LogP contribution in [0.3, 0.4) is 0 Å². The van der Waals surface area contributed by atoms with Crippen molar-refractivity contribution in [2.75, 3.05) is 26.1 Å². The lowest BCUT2D eigenvalue weighted by atomic mass is 10.1. The number of hydrogen-bond donors (Lipinski definition) is 3. The first-order valence-electron chi connectivity index (χ1n) is 11.4. The van der Waals surface area contributed by atoms with Crippen LogP contribution < -0.4 is 31.4 Å². The molecule has 11 heteroatoms. The largest absolute Gasteiger partial charge is 0.495 e. The number of methoxy groups -OCH3 is 2. The monoisotopic (exact) mass is 516 g/mol. The van der Waals surface area contributed by atoms with Crippen molar-refractivity contribution in [2.45, 2.75) is 33.2 Å². The van der Waals surface area contributed by atoms with Crippen LogP contribution in [0.2, 0.25) is 5.02 Å². The zero-order valence-corrected chi connectivity index (χ0v) is 21.3. The highest BCUT2D eigenvalue weighted by Gasteiger charge is 2.14. The molecule has 3 aromatic rings. The van der Waals surface area contributed by atoms with Gasteiger partial charge in [-0.2, -0.15) is 0 Å². The van der Waals surface area contributed by atoms with Crippen molar-refractivity contribution in [1.82, 2.24) is 14.9 Å². The topological polar surface area (TPSA) is 132 Å². The first kappa shape index (κ1) is 26.8. The van der Waals surface area contributed by atoms with Gasteiger partial charge < -0.3 is 25.1 Å². The first-order chi connectivity index (χ1) is 17.1. The minimum Gasteiger partial charge on any atom is -0.495 e. The molecule has 2 aromatic carbocycles. The van der Waals surface area contributed by atoms with Crippen LogP contribution in [0, 0.1) is 5.92 Å². The number of amides is 2. The third-order valence-corrected chi connectivity index (χ3v) is 5.71. The molecule has 2 amide bonds. The van der Waals surface area contributed by atoms with Crippen molar-refractivity contribution in [3.63, 3.8) is 0 Å². The smallest absolute Gasteiger partial charge is 0.328 e. The van der Waals surface area contributed by atoms with Gasteiger partial charge in [0.1, 0.15) is 11.5 Å². The van der Waals surface area contributed by atoms with E-state index in [1.54, 1.807) is 24.3 Å². The van der Waals surface area contributed by atoms with Crippen LogP contribution in [0.25, 0.3) is 10.9 Å². The Morgan fingerprint density at radius 1 is 1.06 bits per heavy atom. The van der Waals surface area contributed by atoms with Crippen LogP contribution in [0.5, 0.6) is 11.5 Å². The fourth-order valence-corrected chi connectivity index (χ4v) is 3.94. The number of fused-ring (bicyclic) bond motifs is 1. The van der Waals surface area contributed by atoms with E-state index in [0.717, 1.165) is 4.57 Å². The maximum absolute atomic E-state index is 12.8. The van der Waals surface area contributed by atoms with Crippen molar-refractivity contribution in [3.8, 4) is 11.5 Å². The summed E-state index contributed by atoms with van der Waals surface area (Å²) in [6.07, 6.45) is 0.355. The van der Waals surface area contributed by atoms with Crippen LogP contribution in [0.4, 0.5) is 5.69 Å². The Labute approximate surface area is 212 Å². The number of hydrogen-bond acceptors (Lipinski definition) is 6. The van der Waals surface area contributed by atoms with Crippen molar-refractivity contribution >= 4 is 40.0 Å². The van der Waals surface area contributed by atoms with Gasteiger partial charge in [-0.1, -0.05) is 31.5 Å². The van der Waals surface area contributed by atoms with E-state index in [2.05, 4.69) is 15.6 Å². The molecule has 192 valence electrons. The van der Waals surface area contributed by atoms with E-state index in [-0.39, 0.29) is 37.2 Å². The van der Waals surface area contributed by atoms with Gasteiger partial charge in [-0.15, -0.1) is 0 Å². The summed E-state index contributed by atoms with van der Waals surface area (Å²) in [5.41, 5.74) is 0.226. The number of aromatic amines is 1. The van der Waals surface area contributed by atoms with Gasteiger partial charge in [0.15, 0.2) is 0 Å². The maximum Gasteiger partial charge on any atom is 0.328 e. The first-order valence-corrected chi connectivity index (χ1v) is 11.7. The summed E-state index contributed by atoms with van der Waals surface area (Å²) in [5.74, 6) is 0.528. The summed E-state index contributed by atoms with van der Waals surface area (Å²) < 4.78 is 11.5. The molecule has 0 spiro atoms. The molecule has 0 radical (unpaired) electrons. The zero-order chi connectivity index (χ0) is 26.4. The van der Waals surface area contributed by atoms with E-state index in [9.17, 15) is 19.2 Å². The number of aromatic nitrogens is 2. The van der Waals surface area contributed by atoms with E-state index in [1.807, 2.05) is 13.8 Å². The Balaban J connectivity index is 1.74. The van der Waals surface area contributed by atoms with Gasteiger partial charge in [-0.05, 0) is 29.7 Å². The minimum absolute atomic E-state index is 0.0181. The molecule has 3 N–H and O–H groups in total. The number of nitrogens with zero attached hydrogens (tertiary/aromatic N) is 1. The Bertz CT molecular complexity index is 1400. The van der Waals surface area contributed by atoms with Gasteiger partial charge in [0, 0.05) is 25.6 Å². The van der Waals surface area contributed by atoms with Crippen LogP contribution in [-0.2, 0) is 22.6 Å². The Kier molecular flexibility index (Phi) is 8.76. The molecule has 0 fully saturated rings. The second-order valence-corrected chi connectivity index (χ2v) is 9.03. The van der Waals surface area contributed by atoms with E-state index in [4.69, 9.17) is 21.1 Å². The number of anilines is 1. The van der Waals surface area contributed by atoms with Crippen molar-refractivity contribution < 1.29 is 19.1 Å². The summed E-state index contributed by atoms with van der Waals surface area (Å²) >= 11 is 6.16. The number of rotatable bonds is 10. The molecule has 0 unspecified atom stereocenters. The second-order valence-electron chi connectivity index (χ2n) is 8.63. The standard InChI is InChI=1S/C25H29ClN4O6/c1-14(2)9-22(31)27-7-8-30-24(33)16-6-5-15(10-18(16)29-25(30)34)11-23(32)28-19-12-17(26)20(35-3)13-21(19)36-4/h5-6,10,12-14H,7-9,11H2,1-4H3,(H,27,31)(H,28,32)(H,29,34). The molecule has 1 aromatic heterocycles. The maximum atomic E-state index is 12.8. The molecule has 0 saturated carbocycles. The van der Waals surface area contributed by atoms with E-state index < -0.39 is 11.2 Å². The van der Waals surface area contributed by atoms with Crippen LogP contribution in [0.1, 0.15) is 25.8 Å². The number of ether oxygens (including phenoxy) is 2. The molecule has 3 rings (SSSR count). The van der Waals surface area contributed by atoms with Gasteiger partial charge in [0.05, 0.1) is 42.3 Å². The number of halogens is 1. The Hall–Kier alpha value is -3.79.